The summed E-state index contributed by atoms with van der Waals surface area (Å²) >= 11 is 0. The highest BCUT2D eigenvalue weighted by Gasteiger charge is 2.07. The summed E-state index contributed by atoms with van der Waals surface area (Å²) in [6.07, 6.45) is 2.96. The van der Waals surface area contributed by atoms with Crippen LogP contribution in [0.4, 0.5) is 0 Å². The van der Waals surface area contributed by atoms with Gasteiger partial charge in [-0.15, -0.1) is 0 Å². The molecule has 2 heteroatoms. The van der Waals surface area contributed by atoms with Gasteiger partial charge in [-0.2, -0.15) is 0 Å². The third kappa shape index (κ3) is 2.75. The number of nitrogens with zero attached hydrogens (tertiary/aromatic N) is 1. The smallest absolute Gasteiger partial charge is 0.164 e. The van der Waals surface area contributed by atoms with Crippen molar-refractivity contribution in [1.82, 2.24) is 4.98 Å². The lowest BCUT2D eigenvalue weighted by atomic mass is 10.0. The van der Waals surface area contributed by atoms with Gasteiger partial charge >= 0.3 is 0 Å². The van der Waals surface area contributed by atoms with E-state index in [1.54, 1.807) is 6.20 Å². The molecular formula is C18H15NO. The van der Waals surface area contributed by atoms with Crippen molar-refractivity contribution >= 4 is 16.7 Å². The van der Waals surface area contributed by atoms with Crippen molar-refractivity contribution in [1.29, 1.82) is 0 Å². The third-order valence-corrected chi connectivity index (χ3v) is 3.40. The lowest BCUT2D eigenvalue weighted by Gasteiger charge is -2.03. The first-order valence-corrected chi connectivity index (χ1v) is 6.75. The van der Waals surface area contributed by atoms with Crippen LogP contribution < -0.4 is 0 Å². The van der Waals surface area contributed by atoms with Crippen molar-refractivity contribution in [2.45, 2.75) is 12.8 Å². The van der Waals surface area contributed by atoms with E-state index in [0.29, 0.717) is 12.0 Å². The maximum Gasteiger partial charge on any atom is 0.164 e. The van der Waals surface area contributed by atoms with Gasteiger partial charge in [0, 0.05) is 23.6 Å². The van der Waals surface area contributed by atoms with Gasteiger partial charge in [0.25, 0.3) is 0 Å². The van der Waals surface area contributed by atoms with Crippen LogP contribution in [0.3, 0.4) is 0 Å². The lowest BCUT2D eigenvalue weighted by molar-refractivity contribution is 0.0982. The number of pyridine rings is 1. The normalized spacial score (nSPS) is 10.6. The van der Waals surface area contributed by atoms with E-state index in [-0.39, 0.29) is 5.78 Å². The van der Waals surface area contributed by atoms with Crippen LogP contribution in [-0.4, -0.2) is 10.8 Å². The molecule has 3 rings (SSSR count). The highest BCUT2D eigenvalue weighted by Crippen LogP contribution is 2.15. The van der Waals surface area contributed by atoms with Gasteiger partial charge in [0.05, 0.1) is 5.52 Å². The van der Waals surface area contributed by atoms with E-state index in [9.17, 15) is 4.79 Å². The Morgan fingerprint density at radius 1 is 0.950 bits per heavy atom. The molecule has 0 N–H and O–H groups in total. The largest absolute Gasteiger partial charge is 0.294 e. The quantitative estimate of drug-likeness (QED) is 0.663. The standard InChI is InChI=1S/C18H15NO/c20-18(11-10-14-6-2-1-3-7-14)16-12-15-8-4-5-9-17(15)19-13-16/h1-9,12-13H,10-11H2. The minimum atomic E-state index is 0.145. The van der Waals surface area contributed by atoms with Crippen molar-refractivity contribution in [3.63, 3.8) is 0 Å². The van der Waals surface area contributed by atoms with Gasteiger partial charge in [-0.1, -0.05) is 48.5 Å². The van der Waals surface area contributed by atoms with Gasteiger partial charge in [0.2, 0.25) is 0 Å². The van der Waals surface area contributed by atoms with Crippen LogP contribution in [0.15, 0.2) is 66.9 Å². The number of aryl methyl sites for hydroxylation is 1. The molecule has 2 aromatic carbocycles. The van der Waals surface area contributed by atoms with Crippen LogP contribution in [0.5, 0.6) is 0 Å². The van der Waals surface area contributed by atoms with E-state index in [2.05, 4.69) is 4.98 Å². The molecule has 0 radical (unpaired) electrons. The van der Waals surface area contributed by atoms with Gasteiger partial charge in [-0.05, 0) is 24.1 Å². The molecule has 0 amide bonds. The predicted octanol–water partition coefficient (Wildman–Crippen LogP) is 4.05. The molecule has 0 saturated heterocycles. The Morgan fingerprint density at radius 2 is 1.70 bits per heavy atom. The van der Waals surface area contributed by atoms with E-state index in [1.165, 1.54) is 5.56 Å². The first-order valence-electron chi connectivity index (χ1n) is 6.75. The van der Waals surface area contributed by atoms with Crippen molar-refractivity contribution in [2.24, 2.45) is 0 Å². The summed E-state index contributed by atoms with van der Waals surface area (Å²) in [5, 5.41) is 1.01. The van der Waals surface area contributed by atoms with Crippen LogP contribution in [0.2, 0.25) is 0 Å². The fraction of sp³-hybridized carbons (Fsp3) is 0.111. The van der Waals surface area contributed by atoms with Gasteiger partial charge < -0.3 is 0 Å². The number of Topliss-reactive ketones (excluding diaryl/α,β-unsaturated/α-hetero) is 1. The van der Waals surface area contributed by atoms with E-state index >= 15 is 0 Å². The number of para-hydroxylation sites is 1. The van der Waals surface area contributed by atoms with Gasteiger partial charge in [-0.25, -0.2) is 0 Å². The Morgan fingerprint density at radius 3 is 2.55 bits per heavy atom. The average molecular weight is 261 g/mol. The lowest BCUT2D eigenvalue weighted by Crippen LogP contribution is -2.02. The number of hydrogen-bond acceptors (Lipinski definition) is 2. The summed E-state index contributed by atoms with van der Waals surface area (Å²) in [5.74, 6) is 0.145. The van der Waals surface area contributed by atoms with Crippen LogP contribution in [0.1, 0.15) is 22.3 Å². The van der Waals surface area contributed by atoms with Gasteiger partial charge in [-0.3, -0.25) is 9.78 Å². The van der Waals surface area contributed by atoms with Gasteiger partial charge in [0.15, 0.2) is 5.78 Å². The number of hydrogen-bond donors (Lipinski definition) is 0. The number of rotatable bonds is 4. The second-order valence-electron chi connectivity index (χ2n) is 4.83. The molecule has 0 spiro atoms. The predicted molar refractivity (Wildman–Crippen MR) is 80.8 cm³/mol. The Bertz CT molecular complexity index is 735. The molecule has 0 atom stereocenters. The Kier molecular flexibility index (Phi) is 3.55. The Hall–Kier alpha value is -2.48. The highest BCUT2D eigenvalue weighted by atomic mass is 16.1. The molecule has 1 heterocycles. The fourth-order valence-corrected chi connectivity index (χ4v) is 2.27. The van der Waals surface area contributed by atoms with Crippen LogP contribution in [-0.2, 0) is 6.42 Å². The molecule has 20 heavy (non-hydrogen) atoms. The monoisotopic (exact) mass is 261 g/mol. The van der Waals surface area contributed by atoms with Crippen molar-refractivity contribution < 1.29 is 4.79 Å². The van der Waals surface area contributed by atoms with Crippen LogP contribution in [0.25, 0.3) is 10.9 Å². The topological polar surface area (TPSA) is 30.0 Å². The molecule has 0 unspecified atom stereocenters. The molecule has 0 bridgehead atoms. The van der Waals surface area contributed by atoms with Crippen molar-refractivity contribution in [3.05, 3.63) is 78.0 Å². The maximum absolute atomic E-state index is 12.2. The molecule has 0 fully saturated rings. The first kappa shape index (κ1) is 12.5. The fourth-order valence-electron chi connectivity index (χ4n) is 2.27. The van der Waals surface area contributed by atoms with E-state index in [1.807, 2.05) is 60.7 Å². The number of ketones is 1. The summed E-state index contributed by atoms with van der Waals surface area (Å²) in [4.78, 5) is 16.6. The molecule has 98 valence electrons. The summed E-state index contributed by atoms with van der Waals surface area (Å²) in [7, 11) is 0. The average Bonchev–Trinajstić information content (AvgIpc) is 2.53. The third-order valence-electron chi connectivity index (χ3n) is 3.40. The molecule has 0 aliphatic heterocycles. The molecule has 2 nitrogen and oxygen atoms in total. The summed E-state index contributed by atoms with van der Waals surface area (Å²) in [5.41, 5.74) is 2.81. The number of carbonyl (C=O) groups is 1. The van der Waals surface area contributed by atoms with Crippen molar-refractivity contribution in [2.75, 3.05) is 0 Å². The zero-order chi connectivity index (χ0) is 13.8. The number of fused-ring (bicyclic) bond motifs is 1. The second kappa shape index (κ2) is 5.66. The summed E-state index contributed by atoms with van der Waals surface area (Å²) in [6.45, 7) is 0. The number of benzene rings is 2. The minimum absolute atomic E-state index is 0.145. The van der Waals surface area contributed by atoms with Crippen molar-refractivity contribution in [3.8, 4) is 0 Å². The van der Waals surface area contributed by atoms with E-state index < -0.39 is 0 Å². The molecule has 1 aromatic heterocycles. The van der Waals surface area contributed by atoms with Crippen LogP contribution >= 0.6 is 0 Å². The SMILES string of the molecule is O=C(CCc1ccccc1)c1cnc2ccccc2c1. The highest BCUT2D eigenvalue weighted by molar-refractivity contribution is 5.98. The molecule has 0 aliphatic carbocycles. The van der Waals surface area contributed by atoms with Gasteiger partial charge in [0.1, 0.15) is 0 Å². The molecular weight excluding hydrogens is 246 g/mol. The zero-order valence-corrected chi connectivity index (χ0v) is 11.1. The summed E-state index contributed by atoms with van der Waals surface area (Å²) in [6, 6.07) is 19.8. The van der Waals surface area contributed by atoms with Crippen LogP contribution in [0, 0.1) is 0 Å². The number of aromatic nitrogens is 1. The Balaban J connectivity index is 1.75. The number of carbonyl (C=O) groups excluding carboxylic acids is 1. The molecule has 0 aliphatic rings. The molecule has 0 saturated carbocycles. The second-order valence-corrected chi connectivity index (χ2v) is 4.83. The maximum atomic E-state index is 12.2. The van der Waals surface area contributed by atoms with E-state index in [4.69, 9.17) is 0 Å². The minimum Gasteiger partial charge on any atom is -0.294 e. The first-order chi connectivity index (χ1) is 9.83. The van der Waals surface area contributed by atoms with E-state index in [0.717, 1.165) is 17.3 Å². The summed E-state index contributed by atoms with van der Waals surface area (Å²) < 4.78 is 0. The zero-order valence-electron chi connectivity index (χ0n) is 11.1. The Labute approximate surface area is 118 Å². The molecule has 3 aromatic rings.